The first kappa shape index (κ1) is 28.1. The van der Waals surface area contributed by atoms with E-state index < -0.39 is 10.1 Å². The largest absolute Gasteiger partial charge is 0.744 e. The Morgan fingerprint density at radius 2 is 1.55 bits per heavy atom. The maximum atomic E-state index is 12.0. The molecular weight excluding hydrogens is 532 g/mol. The van der Waals surface area contributed by atoms with E-state index in [9.17, 15) is 22.9 Å². The van der Waals surface area contributed by atoms with Crippen molar-refractivity contribution in [3.05, 3.63) is 108 Å². The van der Waals surface area contributed by atoms with Gasteiger partial charge in [-0.1, -0.05) is 54.6 Å². The maximum Gasteiger partial charge on any atom is 0.295 e. The minimum atomic E-state index is -4.47. The van der Waals surface area contributed by atoms with E-state index in [1.807, 2.05) is 43.3 Å². The van der Waals surface area contributed by atoms with Gasteiger partial charge in [-0.05, 0) is 36.4 Å². The maximum absolute atomic E-state index is 12.0. The molecule has 0 aliphatic rings. The predicted octanol–water partition coefficient (Wildman–Crippen LogP) is 4.25. The lowest BCUT2D eigenvalue weighted by Crippen LogP contribution is -2.48. The summed E-state index contributed by atoms with van der Waals surface area (Å²) in [6.07, 6.45) is 0. The fourth-order valence-electron chi connectivity index (χ4n) is 3.80. The summed E-state index contributed by atoms with van der Waals surface area (Å²) >= 11 is 0. The number of Topliss-reactive ketones (excluding diaryl/α,β-unsaturated/α-hetero) is 1. The highest BCUT2D eigenvalue weighted by Crippen LogP contribution is 2.33. The van der Waals surface area contributed by atoms with E-state index in [1.54, 1.807) is 35.9 Å². The monoisotopic (exact) mass is 558 g/mol. The number of aryl methyl sites for hydroxylation is 1. The Morgan fingerprint density at radius 3 is 2.15 bits per heavy atom. The first-order valence-corrected chi connectivity index (χ1v) is 13.4. The summed E-state index contributed by atoms with van der Waals surface area (Å²) in [5.74, 6) is 7.36. The molecule has 204 valence electrons. The van der Waals surface area contributed by atoms with E-state index in [-0.39, 0.29) is 23.0 Å². The molecule has 0 aliphatic carbocycles. The number of phenols is 1. The molecule has 0 radical (unpaired) electrons. The van der Waals surface area contributed by atoms with Crippen LogP contribution in [0.15, 0.2) is 106 Å². The van der Waals surface area contributed by atoms with Gasteiger partial charge in [-0.3, -0.25) is 10.6 Å². The summed E-state index contributed by atoms with van der Waals surface area (Å²) in [6, 6.07) is 24.7. The van der Waals surface area contributed by atoms with Crippen LogP contribution in [0, 0.1) is 13.8 Å². The molecule has 5 rings (SSSR count). The normalized spacial score (nSPS) is 11.4. The number of hydrogen-bond donors (Lipinski definition) is 2. The molecule has 0 fully saturated rings. The van der Waals surface area contributed by atoms with E-state index in [0.29, 0.717) is 28.1 Å². The molecule has 0 saturated heterocycles. The Morgan fingerprint density at radius 1 is 0.925 bits per heavy atom. The van der Waals surface area contributed by atoms with Gasteiger partial charge >= 0.3 is 0 Å². The van der Waals surface area contributed by atoms with Gasteiger partial charge < -0.3 is 9.66 Å². The number of carbonyl (C=O) groups is 1. The standard InChI is InChI=1S/C16H12N2O4S.C12H15N4O/c19-16-10-9-15(13-3-1-2-4-14(13)16)18-17-11-5-7-12(8-6-11)23(20,21)22;1-9-14-15(10(2)16(9)13)8-12(17)11-6-4-3-5-7-11/h1-10,19H,(H,20,21,22);3-7H,8,13H2,1-2H3/q;+1/p-1. The number of nitrogens with zero attached hydrogens (tertiary/aromatic N) is 5. The predicted molar refractivity (Wildman–Crippen MR) is 147 cm³/mol. The van der Waals surface area contributed by atoms with Crippen molar-refractivity contribution < 1.29 is 27.5 Å². The van der Waals surface area contributed by atoms with Crippen molar-refractivity contribution in [3.8, 4) is 5.75 Å². The fraction of sp³-hybridized carbons (Fsp3) is 0.107. The van der Waals surface area contributed by atoms with Crippen molar-refractivity contribution in [2.75, 3.05) is 5.84 Å². The lowest BCUT2D eigenvalue weighted by molar-refractivity contribution is -0.652. The number of aromatic nitrogens is 3. The van der Waals surface area contributed by atoms with E-state index >= 15 is 0 Å². The summed E-state index contributed by atoms with van der Waals surface area (Å²) in [4.78, 5) is 11.7. The molecule has 0 amide bonds. The molecular formula is C28H26N6O5S. The Kier molecular flexibility index (Phi) is 8.31. The average molecular weight is 559 g/mol. The van der Waals surface area contributed by atoms with E-state index in [1.165, 1.54) is 35.0 Å². The number of nitrogen functional groups attached to an aromatic ring is 1. The second-order valence-electron chi connectivity index (χ2n) is 8.71. The molecule has 0 saturated carbocycles. The van der Waals surface area contributed by atoms with Crippen molar-refractivity contribution in [3.63, 3.8) is 0 Å². The molecule has 0 unspecified atom stereocenters. The summed E-state index contributed by atoms with van der Waals surface area (Å²) in [5.41, 5.74) is 1.66. The number of ketones is 1. The van der Waals surface area contributed by atoms with Crippen molar-refractivity contribution in [1.82, 2.24) is 9.78 Å². The van der Waals surface area contributed by atoms with Gasteiger partial charge in [0.15, 0.2) is 12.3 Å². The van der Waals surface area contributed by atoms with Crippen LogP contribution in [-0.2, 0) is 16.7 Å². The lowest BCUT2D eigenvalue weighted by atomic mass is 10.1. The third-order valence-corrected chi connectivity index (χ3v) is 6.85. The van der Waals surface area contributed by atoms with Crippen LogP contribution in [-0.4, -0.2) is 33.6 Å². The molecule has 1 aromatic heterocycles. The van der Waals surface area contributed by atoms with Crippen LogP contribution >= 0.6 is 0 Å². The zero-order valence-electron chi connectivity index (χ0n) is 21.7. The molecule has 0 atom stereocenters. The minimum absolute atomic E-state index is 0.0248. The van der Waals surface area contributed by atoms with Crippen LogP contribution in [0.3, 0.4) is 0 Å². The number of benzene rings is 4. The van der Waals surface area contributed by atoms with Gasteiger partial charge in [0.2, 0.25) is 0 Å². The van der Waals surface area contributed by atoms with Crippen LogP contribution in [0.2, 0.25) is 0 Å². The summed E-state index contributed by atoms with van der Waals surface area (Å²) in [7, 11) is -4.47. The molecule has 0 bridgehead atoms. The van der Waals surface area contributed by atoms with Crippen molar-refractivity contribution in [2.45, 2.75) is 25.3 Å². The van der Waals surface area contributed by atoms with Gasteiger partial charge in [0.25, 0.3) is 11.6 Å². The topological polar surface area (TPSA) is 167 Å². The van der Waals surface area contributed by atoms with Crippen molar-refractivity contribution in [2.24, 2.45) is 10.2 Å². The highest BCUT2D eigenvalue weighted by atomic mass is 32.2. The van der Waals surface area contributed by atoms with Crippen LogP contribution in [0.5, 0.6) is 5.75 Å². The van der Waals surface area contributed by atoms with Crippen LogP contribution in [0.1, 0.15) is 22.0 Å². The Balaban J connectivity index is 0.000000194. The number of azo groups is 1. The fourth-order valence-corrected chi connectivity index (χ4v) is 4.27. The van der Waals surface area contributed by atoms with Gasteiger partial charge in [0.1, 0.15) is 15.9 Å². The number of carbonyl (C=O) groups excluding carboxylic acids is 1. The molecule has 1 heterocycles. The van der Waals surface area contributed by atoms with Crippen LogP contribution in [0.4, 0.5) is 11.4 Å². The zero-order chi connectivity index (χ0) is 28.9. The number of nitrogens with two attached hydrogens (primary N) is 1. The van der Waals surface area contributed by atoms with Gasteiger partial charge in [-0.2, -0.15) is 5.11 Å². The molecule has 40 heavy (non-hydrogen) atoms. The summed E-state index contributed by atoms with van der Waals surface area (Å²) < 4.78 is 35.7. The van der Waals surface area contributed by atoms with E-state index in [4.69, 9.17) is 5.84 Å². The number of rotatable bonds is 6. The molecule has 12 heteroatoms. The van der Waals surface area contributed by atoms with Crippen LogP contribution < -0.4 is 10.5 Å². The molecule has 5 aromatic rings. The number of fused-ring (bicyclic) bond motifs is 1. The molecule has 3 N–H and O–H groups in total. The van der Waals surface area contributed by atoms with Crippen molar-refractivity contribution >= 4 is 38.0 Å². The molecule has 11 nitrogen and oxygen atoms in total. The highest BCUT2D eigenvalue weighted by molar-refractivity contribution is 7.85. The molecule has 0 spiro atoms. The third kappa shape index (κ3) is 6.54. The smallest absolute Gasteiger partial charge is 0.295 e. The summed E-state index contributed by atoms with van der Waals surface area (Å²) in [6.45, 7) is 3.84. The third-order valence-electron chi connectivity index (χ3n) is 6.00. The first-order chi connectivity index (χ1) is 19.0. The minimum Gasteiger partial charge on any atom is -0.744 e. The summed E-state index contributed by atoms with van der Waals surface area (Å²) in [5, 5.41) is 23.6. The number of hydrogen-bond acceptors (Lipinski definition) is 9. The van der Waals surface area contributed by atoms with Crippen LogP contribution in [0.25, 0.3) is 10.8 Å². The van der Waals surface area contributed by atoms with E-state index in [0.717, 1.165) is 11.2 Å². The van der Waals surface area contributed by atoms with E-state index in [2.05, 4.69) is 15.3 Å². The second-order valence-corrected chi connectivity index (χ2v) is 10.1. The Labute approximate surface area is 230 Å². The van der Waals surface area contributed by atoms with Gasteiger partial charge in [0, 0.05) is 35.3 Å². The number of aromatic hydroxyl groups is 1. The molecule has 4 aromatic carbocycles. The van der Waals surface area contributed by atoms with Crippen molar-refractivity contribution in [1.29, 1.82) is 0 Å². The second kappa shape index (κ2) is 11.8. The Bertz CT molecular complexity index is 1800. The SMILES string of the molecule is Cc1nn(CC(=O)c2ccccc2)c(C)[n+]1N.O=S(=O)([O-])c1ccc(N=Nc2ccc(O)c3ccccc23)cc1. The number of phenolic OH excluding ortho intramolecular Hbond substituents is 1. The molecule has 0 aliphatic heterocycles. The Hall–Kier alpha value is -4.94. The quantitative estimate of drug-likeness (QED) is 0.103. The zero-order valence-corrected chi connectivity index (χ0v) is 22.5. The lowest BCUT2D eigenvalue weighted by Gasteiger charge is -2.06. The van der Waals surface area contributed by atoms with Gasteiger partial charge in [-0.25, -0.2) is 8.42 Å². The average Bonchev–Trinajstić information content (AvgIpc) is 3.19. The highest BCUT2D eigenvalue weighted by Gasteiger charge is 2.20. The van der Waals surface area contributed by atoms with Gasteiger partial charge in [-0.15, -0.1) is 14.5 Å². The van der Waals surface area contributed by atoms with Gasteiger partial charge in [0.05, 0.1) is 16.3 Å². The first-order valence-electron chi connectivity index (χ1n) is 12.0.